The Morgan fingerprint density at radius 2 is 1.68 bits per heavy atom. The van der Waals surface area contributed by atoms with Crippen molar-refractivity contribution in [2.75, 3.05) is 69.1 Å². The van der Waals surface area contributed by atoms with E-state index < -0.39 is 43.2 Å². The Bertz CT molecular complexity index is 2700. The summed E-state index contributed by atoms with van der Waals surface area (Å²) in [4.78, 5) is 34.9. The lowest BCUT2D eigenvalue weighted by atomic mass is 9.72. The molecule has 13 nitrogen and oxygen atoms in total. The number of nitro groups is 1. The molecular weight excluding hydrogens is 860 g/mol. The van der Waals surface area contributed by atoms with Crippen molar-refractivity contribution < 1.29 is 36.0 Å². The monoisotopic (exact) mass is 913 g/mol. The van der Waals surface area contributed by atoms with Crippen molar-refractivity contribution in [2.45, 2.75) is 63.4 Å². The maximum absolute atomic E-state index is 14.0. The van der Waals surface area contributed by atoms with Crippen LogP contribution in [0.1, 0.15) is 73.9 Å². The molecule has 4 aromatic carbocycles. The summed E-state index contributed by atoms with van der Waals surface area (Å²) < 4.78 is 77.1. The number of aromatic nitrogens is 1. The molecule has 0 saturated carbocycles. The quantitative estimate of drug-likeness (QED) is 0.0526. The standard InChI is InChI=1S/C48H54F3N7O6S/c1-47(2)18-16-34(40(31-47)33-8-5-9-35(28-33)48(49,50)51)32-56-24-26-57(27-25-56)36-12-14-39(45(29-36)64-44-11-6-10-41-38(44)17-20-53-41)46(59)54-65(62,63)37-13-15-42(43(30-37)58(60)61)52-19-7-23-55-21-3-4-22-55/h5-6,8-15,17,20,28-30,52-53H,3-4,7,16,18-19,21-27,31-32H2,1-2H3,(H,54,59). The number of nitrogens with one attached hydrogen (secondary N) is 3. The summed E-state index contributed by atoms with van der Waals surface area (Å²) in [5.74, 6) is -0.446. The molecule has 0 unspecified atom stereocenters. The van der Waals surface area contributed by atoms with Crippen LogP contribution >= 0.6 is 0 Å². The van der Waals surface area contributed by atoms with Crippen LogP contribution in [-0.2, 0) is 16.2 Å². The molecule has 5 aromatic rings. The van der Waals surface area contributed by atoms with Gasteiger partial charge >= 0.3 is 6.18 Å². The Morgan fingerprint density at radius 3 is 2.43 bits per heavy atom. The smallest absolute Gasteiger partial charge is 0.416 e. The number of anilines is 2. The number of allylic oxidation sites excluding steroid dienone is 1. The van der Waals surface area contributed by atoms with Crippen molar-refractivity contribution in [1.29, 1.82) is 0 Å². The maximum Gasteiger partial charge on any atom is 0.416 e. The molecule has 2 fully saturated rings. The van der Waals surface area contributed by atoms with Crippen LogP contribution in [-0.4, -0.2) is 92.9 Å². The highest BCUT2D eigenvalue weighted by Crippen LogP contribution is 2.44. The Balaban J connectivity index is 0.997. The first kappa shape index (κ1) is 45.7. The van der Waals surface area contributed by atoms with E-state index in [0.29, 0.717) is 57.0 Å². The summed E-state index contributed by atoms with van der Waals surface area (Å²) in [5, 5.41) is 15.9. The zero-order valence-corrected chi connectivity index (χ0v) is 37.4. The highest BCUT2D eigenvalue weighted by atomic mass is 32.2. The van der Waals surface area contributed by atoms with E-state index in [1.165, 1.54) is 30.3 Å². The number of benzene rings is 4. The minimum Gasteiger partial charge on any atom is -0.456 e. The van der Waals surface area contributed by atoms with Gasteiger partial charge in [0.1, 0.15) is 17.2 Å². The molecule has 17 heteroatoms. The normalized spacial score (nSPS) is 17.4. The number of nitrogens with zero attached hydrogens (tertiary/aromatic N) is 4. The third-order valence-electron chi connectivity index (χ3n) is 12.7. The molecule has 344 valence electrons. The number of nitro benzene ring substituents is 1. The molecule has 0 radical (unpaired) electrons. The number of ether oxygens (including phenoxy) is 1. The molecule has 1 amide bonds. The summed E-state index contributed by atoms with van der Waals surface area (Å²) in [6.07, 6.45) is 2.84. The van der Waals surface area contributed by atoms with Crippen LogP contribution in [0.25, 0.3) is 16.5 Å². The second kappa shape index (κ2) is 18.9. The molecule has 65 heavy (non-hydrogen) atoms. The second-order valence-corrected chi connectivity index (χ2v) is 19.6. The summed E-state index contributed by atoms with van der Waals surface area (Å²) in [6, 6.07) is 21.3. The average molecular weight is 914 g/mol. The topological polar surface area (TPSA) is 153 Å². The number of hydrogen-bond acceptors (Lipinski definition) is 10. The molecule has 0 atom stereocenters. The predicted molar refractivity (Wildman–Crippen MR) is 246 cm³/mol. The number of alkyl halides is 3. The number of halogens is 3. The summed E-state index contributed by atoms with van der Waals surface area (Å²) >= 11 is 0. The number of hydrogen-bond donors (Lipinski definition) is 3. The van der Waals surface area contributed by atoms with E-state index in [-0.39, 0.29) is 22.4 Å². The van der Waals surface area contributed by atoms with E-state index in [9.17, 15) is 36.5 Å². The van der Waals surface area contributed by atoms with E-state index in [1.807, 2.05) is 12.1 Å². The largest absolute Gasteiger partial charge is 0.456 e. The first-order valence-electron chi connectivity index (χ1n) is 22.1. The minimum absolute atomic E-state index is 0.0401. The van der Waals surface area contributed by atoms with Gasteiger partial charge < -0.3 is 24.8 Å². The summed E-state index contributed by atoms with van der Waals surface area (Å²) in [6.45, 7) is 10.9. The number of sulfonamides is 1. The zero-order chi connectivity index (χ0) is 45.9. The number of amides is 1. The van der Waals surface area contributed by atoms with E-state index >= 15 is 0 Å². The van der Waals surface area contributed by atoms with Gasteiger partial charge in [-0.15, -0.1) is 0 Å². The maximum atomic E-state index is 14.0. The SMILES string of the molecule is CC1(C)CCC(CN2CCN(c3ccc(C(=O)NS(=O)(=O)c4ccc(NCCCN5CCCC5)c([N+](=O)[O-])c4)c(Oc4cccc5[nH]ccc45)c3)CC2)=C(c2cccc(C(F)(F)F)c2)C1. The number of rotatable bonds is 15. The molecule has 8 rings (SSSR count). The van der Waals surface area contributed by atoms with Crippen LogP contribution < -0.4 is 19.7 Å². The number of piperazine rings is 1. The third kappa shape index (κ3) is 10.8. The van der Waals surface area contributed by atoms with E-state index in [2.05, 4.69) is 43.6 Å². The van der Waals surface area contributed by atoms with Crippen molar-refractivity contribution in [3.8, 4) is 11.5 Å². The van der Waals surface area contributed by atoms with Crippen molar-refractivity contribution in [3.05, 3.63) is 124 Å². The molecule has 2 saturated heterocycles. The van der Waals surface area contributed by atoms with Gasteiger partial charge in [-0.3, -0.25) is 19.8 Å². The minimum atomic E-state index is -4.59. The predicted octanol–water partition coefficient (Wildman–Crippen LogP) is 9.69. The van der Waals surface area contributed by atoms with Crippen LogP contribution in [0, 0.1) is 15.5 Å². The Kier molecular flexibility index (Phi) is 13.3. The summed E-state index contributed by atoms with van der Waals surface area (Å²) in [5.41, 5.74) is 3.29. The lowest BCUT2D eigenvalue weighted by molar-refractivity contribution is -0.384. The molecule has 2 aliphatic heterocycles. The van der Waals surface area contributed by atoms with Crippen molar-refractivity contribution >= 4 is 49.5 Å². The van der Waals surface area contributed by atoms with Gasteiger partial charge in [-0.05, 0) is 129 Å². The fourth-order valence-electron chi connectivity index (χ4n) is 9.12. The first-order valence-corrected chi connectivity index (χ1v) is 23.6. The number of carbonyl (C=O) groups excluding carboxylic acids is 1. The number of fused-ring (bicyclic) bond motifs is 1. The van der Waals surface area contributed by atoms with Crippen LogP contribution in [0.4, 0.5) is 30.2 Å². The number of aromatic amines is 1. The molecule has 1 aromatic heterocycles. The lowest BCUT2D eigenvalue weighted by Gasteiger charge is -2.39. The van der Waals surface area contributed by atoms with Gasteiger partial charge in [-0.25, -0.2) is 13.1 Å². The fourth-order valence-corrected chi connectivity index (χ4v) is 10.1. The lowest BCUT2D eigenvalue weighted by Crippen LogP contribution is -2.47. The van der Waals surface area contributed by atoms with Crippen molar-refractivity contribution in [3.63, 3.8) is 0 Å². The van der Waals surface area contributed by atoms with Crippen LogP contribution in [0.15, 0.2) is 102 Å². The molecule has 1 aliphatic carbocycles. The van der Waals surface area contributed by atoms with Gasteiger partial charge in [-0.2, -0.15) is 13.2 Å². The van der Waals surface area contributed by atoms with Gasteiger partial charge in [-0.1, -0.05) is 37.6 Å². The molecule has 0 spiro atoms. The highest BCUT2D eigenvalue weighted by Gasteiger charge is 2.34. The molecular formula is C48H54F3N7O6S. The Morgan fingerprint density at radius 1 is 0.908 bits per heavy atom. The molecule has 0 bridgehead atoms. The number of carbonyl (C=O) groups is 1. The Hall–Kier alpha value is -5.91. The van der Waals surface area contributed by atoms with E-state index in [0.717, 1.165) is 91.6 Å². The molecule has 3 heterocycles. The fraction of sp³-hybridized carbons (Fsp3) is 0.396. The van der Waals surface area contributed by atoms with E-state index in [1.54, 1.807) is 36.5 Å². The second-order valence-electron chi connectivity index (χ2n) is 17.9. The number of likely N-dealkylation sites (tertiary alicyclic amines) is 1. The number of H-pyrrole nitrogens is 1. The van der Waals surface area contributed by atoms with E-state index in [4.69, 9.17) is 4.74 Å². The highest BCUT2D eigenvalue weighted by molar-refractivity contribution is 7.90. The van der Waals surface area contributed by atoms with Crippen molar-refractivity contribution in [1.82, 2.24) is 19.5 Å². The Labute approximate surface area is 376 Å². The van der Waals surface area contributed by atoms with Gasteiger partial charge in [0, 0.05) is 74.2 Å². The first-order chi connectivity index (χ1) is 31.0. The zero-order valence-electron chi connectivity index (χ0n) is 36.5. The molecule has 3 N–H and O–H groups in total. The van der Waals surface area contributed by atoms with Gasteiger partial charge in [0.15, 0.2) is 0 Å². The summed E-state index contributed by atoms with van der Waals surface area (Å²) in [7, 11) is -4.59. The molecule has 3 aliphatic rings. The van der Waals surface area contributed by atoms with Gasteiger partial charge in [0.25, 0.3) is 21.6 Å². The van der Waals surface area contributed by atoms with Crippen molar-refractivity contribution in [2.24, 2.45) is 5.41 Å². The third-order valence-corrected chi connectivity index (χ3v) is 14.1. The van der Waals surface area contributed by atoms with Gasteiger partial charge in [0.2, 0.25) is 0 Å². The van der Waals surface area contributed by atoms with Crippen LogP contribution in [0.3, 0.4) is 0 Å². The van der Waals surface area contributed by atoms with Crippen LogP contribution in [0.5, 0.6) is 11.5 Å². The average Bonchev–Trinajstić information content (AvgIpc) is 3.99. The van der Waals surface area contributed by atoms with Gasteiger partial charge in [0.05, 0.1) is 20.9 Å². The van der Waals surface area contributed by atoms with Crippen LogP contribution in [0.2, 0.25) is 0 Å².